The van der Waals surface area contributed by atoms with Crippen LogP contribution in [0.4, 0.5) is 5.69 Å². The van der Waals surface area contributed by atoms with Crippen molar-refractivity contribution in [3.8, 4) is 0 Å². The minimum atomic E-state index is 0.605. The highest BCUT2D eigenvalue weighted by Crippen LogP contribution is 2.12. The number of nitrogens with one attached hydrogen (secondary N) is 1. The Morgan fingerprint density at radius 2 is 2.00 bits per heavy atom. The predicted octanol–water partition coefficient (Wildman–Crippen LogP) is 3.88. The molecule has 0 aliphatic rings. The molecule has 1 nitrogen and oxygen atoms in total. The second-order valence-corrected chi connectivity index (χ2v) is 3.60. The summed E-state index contributed by atoms with van der Waals surface area (Å²) in [6.07, 6.45) is 5.83. The van der Waals surface area contributed by atoms with E-state index in [0.29, 0.717) is 6.04 Å². The zero-order chi connectivity index (χ0) is 10.2. The zero-order valence-corrected chi connectivity index (χ0v) is 9.16. The van der Waals surface area contributed by atoms with Crippen molar-refractivity contribution >= 4 is 5.69 Å². The summed E-state index contributed by atoms with van der Waals surface area (Å²) >= 11 is 0. The van der Waals surface area contributed by atoms with Crippen molar-refractivity contribution in [3.05, 3.63) is 36.8 Å². The van der Waals surface area contributed by atoms with Gasteiger partial charge in [0, 0.05) is 11.7 Å². The molecular formula is C13H20N. The van der Waals surface area contributed by atoms with E-state index in [2.05, 4.69) is 49.9 Å². The second kappa shape index (κ2) is 6.47. The Kier molecular flexibility index (Phi) is 5.13. The largest absolute Gasteiger partial charge is 0.382 e. The van der Waals surface area contributed by atoms with Gasteiger partial charge in [-0.3, -0.25) is 0 Å². The van der Waals surface area contributed by atoms with Crippen LogP contribution in [-0.4, -0.2) is 6.04 Å². The van der Waals surface area contributed by atoms with Crippen LogP contribution >= 0.6 is 0 Å². The highest BCUT2D eigenvalue weighted by Gasteiger charge is 2.04. The Morgan fingerprint density at radius 1 is 1.29 bits per heavy atom. The molecule has 0 spiro atoms. The highest BCUT2D eigenvalue weighted by atomic mass is 14.9. The van der Waals surface area contributed by atoms with E-state index in [9.17, 15) is 0 Å². The summed E-state index contributed by atoms with van der Waals surface area (Å²) in [7, 11) is 0. The number of hydrogen-bond acceptors (Lipinski definition) is 1. The van der Waals surface area contributed by atoms with Gasteiger partial charge in [0.1, 0.15) is 0 Å². The normalized spacial score (nSPS) is 12.4. The average molecular weight is 190 g/mol. The first kappa shape index (κ1) is 11.1. The molecule has 0 saturated carbocycles. The Balaban J connectivity index is 2.40. The van der Waals surface area contributed by atoms with Crippen LogP contribution in [0.2, 0.25) is 0 Å². The lowest BCUT2D eigenvalue weighted by molar-refractivity contribution is 0.629. The molecule has 1 aromatic rings. The monoisotopic (exact) mass is 190 g/mol. The summed E-state index contributed by atoms with van der Waals surface area (Å²) in [6.45, 7) is 4.35. The minimum absolute atomic E-state index is 0.605. The summed E-state index contributed by atoms with van der Waals surface area (Å²) in [5.74, 6) is 0. The Labute approximate surface area is 87.5 Å². The molecule has 0 bridgehead atoms. The lowest BCUT2D eigenvalue weighted by atomic mass is 10.1. The van der Waals surface area contributed by atoms with Crippen molar-refractivity contribution in [3.63, 3.8) is 0 Å². The molecule has 0 aliphatic heterocycles. The molecule has 0 amide bonds. The third kappa shape index (κ3) is 3.82. The molecule has 1 heteroatoms. The Morgan fingerprint density at radius 3 is 2.57 bits per heavy atom. The van der Waals surface area contributed by atoms with Crippen LogP contribution in [0.25, 0.3) is 0 Å². The predicted molar refractivity (Wildman–Crippen MR) is 63.4 cm³/mol. The first-order valence-electron chi connectivity index (χ1n) is 5.46. The van der Waals surface area contributed by atoms with Crippen LogP contribution in [0.15, 0.2) is 30.3 Å². The molecule has 1 radical (unpaired) electrons. The van der Waals surface area contributed by atoms with E-state index in [1.807, 2.05) is 6.07 Å². The lowest BCUT2D eigenvalue weighted by Gasteiger charge is -2.17. The average Bonchev–Trinajstić information content (AvgIpc) is 2.25. The third-order valence-electron chi connectivity index (χ3n) is 2.44. The van der Waals surface area contributed by atoms with Crippen LogP contribution < -0.4 is 5.32 Å². The number of para-hydroxylation sites is 1. The molecule has 1 N–H and O–H groups in total. The Bertz CT molecular complexity index is 230. The van der Waals surface area contributed by atoms with E-state index < -0.39 is 0 Å². The first-order valence-corrected chi connectivity index (χ1v) is 5.46. The lowest BCUT2D eigenvalue weighted by Crippen LogP contribution is -2.18. The van der Waals surface area contributed by atoms with Gasteiger partial charge in [-0.05, 0) is 37.8 Å². The number of unbranched alkanes of at least 4 members (excludes halogenated alkanes) is 1. The smallest absolute Gasteiger partial charge is 0.0342 e. The van der Waals surface area contributed by atoms with Gasteiger partial charge in [0.15, 0.2) is 0 Å². The van der Waals surface area contributed by atoms with Gasteiger partial charge < -0.3 is 5.32 Å². The quantitative estimate of drug-likeness (QED) is 0.717. The maximum absolute atomic E-state index is 3.54. The third-order valence-corrected chi connectivity index (χ3v) is 2.44. The molecule has 1 atom stereocenters. The molecule has 1 unspecified atom stereocenters. The summed E-state index contributed by atoms with van der Waals surface area (Å²) in [6, 6.07) is 11.0. The molecule has 0 aromatic heterocycles. The van der Waals surface area contributed by atoms with Crippen molar-refractivity contribution in [2.75, 3.05) is 5.32 Å². The fraction of sp³-hybridized carbons (Fsp3) is 0.462. The molecule has 14 heavy (non-hydrogen) atoms. The molecule has 0 fully saturated rings. The van der Waals surface area contributed by atoms with E-state index in [1.165, 1.54) is 24.9 Å². The topological polar surface area (TPSA) is 12.0 Å². The van der Waals surface area contributed by atoms with Gasteiger partial charge in [0.25, 0.3) is 0 Å². The molecule has 77 valence electrons. The van der Waals surface area contributed by atoms with E-state index in [0.717, 1.165) is 0 Å². The number of anilines is 1. The molecular weight excluding hydrogens is 170 g/mol. The molecule has 0 aliphatic carbocycles. The van der Waals surface area contributed by atoms with Gasteiger partial charge in [0.2, 0.25) is 0 Å². The van der Waals surface area contributed by atoms with Crippen molar-refractivity contribution in [2.24, 2.45) is 0 Å². The van der Waals surface area contributed by atoms with Crippen LogP contribution in [0, 0.1) is 6.42 Å². The van der Waals surface area contributed by atoms with Gasteiger partial charge in [0.05, 0.1) is 0 Å². The van der Waals surface area contributed by atoms with Gasteiger partial charge >= 0.3 is 0 Å². The maximum atomic E-state index is 3.54. The minimum Gasteiger partial charge on any atom is -0.382 e. The first-order chi connectivity index (χ1) is 6.86. The molecule has 0 heterocycles. The van der Waals surface area contributed by atoms with Crippen LogP contribution in [-0.2, 0) is 0 Å². The second-order valence-electron chi connectivity index (χ2n) is 3.60. The number of benzene rings is 1. The van der Waals surface area contributed by atoms with E-state index >= 15 is 0 Å². The number of rotatable bonds is 6. The SMILES string of the molecule is C[CH]CCC(CC)Nc1ccccc1. The maximum Gasteiger partial charge on any atom is 0.0342 e. The van der Waals surface area contributed by atoms with Crippen molar-refractivity contribution < 1.29 is 0 Å². The van der Waals surface area contributed by atoms with E-state index in [1.54, 1.807) is 0 Å². The van der Waals surface area contributed by atoms with Crippen LogP contribution in [0.3, 0.4) is 0 Å². The summed E-state index contributed by atoms with van der Waals surface area (Å²) in [5.41, 5.74) is 1.23. The summed E-state index contributed by atoms with van der Waals surface area (Å²) in [4.78, 5) is 0. The van der Waals surface area contributed by atoms with Crippen molar-refractivity contribution in [1.82, 2.24) is 0 Å². The fourth-order valence-corrected chi connectivity index (χ4v) is 1.52. The van der Waals surface area contributed by atoms with Gasteiger partial charge in [-0.25, -0.2) is 0 Å². The van der Waals surface area contributed by atoms with E-state index in [-0.39, 0.29) is 0 Å². The Hall–Kier alpha value is -0.980. The van der Waals surface area contributed by atoms with Crippen LogP contribution in [0.5, 0.6) is 0 Å². The van der Waals surface area contributed by atoms with Crippen molar-refractivity contribution in [2.45, 2.75) is 39.2 Å². The molecule has 1 rings (SSSR count). The zero-order valence-electron chi connectivity index (χ0n) is 9.16. The fourth-order valence-electron chi connectivity index (χ4n) is 1.52. The van der Waals surface area contributed by atoms with Gasteiger partial charge in [-0.2, -0.15) is 0 Å². The van der Waals surface area contributed by atoms with Gasteiger partial charge in [-0.1, -0.05) is 32.0 Å². The standard InChI is InChI=1S/C13H20N/c1-3-5-9-12(4-2)14-13-10-7-6-8-11-13/h3,6-8,10-12,14H,4-5,9H2,1-2H3. The van der Waals surface area contributed by atoms with Crippen LogP contribution in [0.1, 0.15) is 33.1 Å². The van der Waals surface area contributed by atoms with Gasteiger partial charge in [-0.15, -0.1) is 0 Å². The van der Waals surface area contributed by atoms with Crippen molar-refractivity contribution in [1.29, 1.82) is 0 Å². The number of hydrogen-bond donors (Lipinski definition) is 1. The summed E-state index contributed by atoms with van der Waals surface area (Å²) < 4.78 is 0. The molecule has 0 saturated heterocycles. The van der Waals surface area contributed by atoms with E-state index in [4.69, 9.17) is 0 Å². The summed E-state index contributed by atoms with van der Waals surface area (Å²) in [5, 5.41) is 3.54. The molecule has 1 aromatic carbocycles. The highest BCUT2D eigenvalue weighted by molar-refractivity contribution is 5.43.